The molecule has 1 saturated carbocycles. The van der Waals surface area contributed by atoms with Crippen molar-refractivity contribution in [2.45, 2.75) is 37.8 Å². The Bertz CT molecular complexity index is 1590. The molecule has 2 aromatic carbocycles. The van der Waals surface area contributed by atoms with Crippen molar-refractivity contribution in [2.75, 3.05) is 68.6 Å². The highest BCUT2D eigenvalue weighted by atomic mass is 19.1. The van der Waals surface area contributed by atoms with Gasteiger partial charge in [0.05, 0.1) is 11.1 Å². The number of anilines is 4. The lowest BCUT2D eigenvalue weighted by molar-refractivity contribution is 0.0828. The van der Waals surface area contributed by atoms with E-state index >= 15 is 4.39 Å². The molecule has 0 spiro atoms. The highest BCUT2D eigenvalue weighted by molar-refractivity contribution is 6.02. The molecule has 2 fully saturated rings. The number of piperazine rings is 1. The molecule has 0 unspecified atom stereocenters. The van der Waals surface area contributed by atoms with Crippen molar-refractivity contribution >= 4 is 39.9 Å². The predicted molar refractivity (Wildman–Crippen MR) is 171 cm³/mol. The minimum Gasteiger partial charge on any atom is -0.383 e. The van der Waals surface area contributed by atoms with E-state index in [0.717, 1.165) is 74.1 Å². The molecule has 0 atom stereocenters. The molecule has 1 aliphatic heterocycles. The van der Waals surface area contributed by atoms with Crippen LogP contribution in [0.4, 0.5) is 32.1 Å². The Hall–Kier alpha value is -4.22. The first-order valence-electron chi connectivity index (χ1n) is 15.0. The number of nitrogens with one attached hydrogen (secondary N) is 2. The number of urea groups is 1. The minimum absolute atomic E-state index is 0.0846. The van der Waals surface area contributed by atoms with Crippen LogP contribution in [0.3, 0.4) is 0 Å². The zero-order valence-electron chi connectivity index (χ0n) is 25.1. The average Bonchev–Trinajstić information content (AvgIpc) is 3.40. The number of likely N-dealkylation sites (N-methyl/N-ethyl adjacent to an activating group) is 1. The second-order valence-corrected chi connectivity index (χ2v) is 11.9. The Morgan fingerprint density at radius 3 is 2.33 bits per heavy atom. The lowest BCUT2D eigenvalue weighted by atomic mass is 9.89. The first-order chi connectivity index (χ1) is 20.8. The topological polar surface area (TPSA) is 108 Å². The van der Waals surface area contributed by atoms with Crippen LogP contribution in [0.25, 0.3) is 22.2 Å². The van der Waals surface area contributed by atoms with Gasteiger partial charge in [-0.1, -0.05) is 6.07 Å². The summed E-state index contributed by atoms with van der Waals surface area (Å²) in [6.45, 7) is 4.52. The molecule has 6 rings (SSSR count). The van der Waals surface area contributed by atoms with E-state index in [2.05, 4.69) is 42.0 Å². The van der Waals surface area contributed by atoms with Gasteiger partial charge >= 0.3 is 6.03 Å². The summed E-state index contributed by atoms with van der Waals surface area (Å²) in [4.78, 5) is 28.5. The highest BCUT2D eigenvalue weighted by Gasteiger charge is 2.30. The van der Waals surface area contributed by atoms with Crippen molar-refractivity contribution in [2.24, 2.45) is 0 Å². The summed E-state index contributed by atoms with van der Waals surface area (Å²) in [5, 5.41) is 6.09. The van der Waals surface area contributed by atoms with E-state index in [1.807, 2.05) is 37.3 Å². The van der Waals surface area contributed by atoms with Crippen LogP contribution in [0.5, 0.6) is 0 Å². The molecule has 2 aromatic heterocycles. The number of benzene rings is 2. The number of rotatable bonds is 6. The largest absolute Gasteiger partial charge is 0.383 e. The van der Waals surface area contributed by atoms with Gasteiger partial charge in [0.2, 0.25) is 0 Å². The third kappa shape index (κ3) is 6.14. The van der Waals surface area contributed by atoms with Crippen LogP contribution < -0.4 is 21.3 Å². The lowest BCUT2D eigenvalue weighted by Crippen LogP contribution is -2.49. The van der Waals surface area contributed by atoms with Crippen molar-refractivity contribution < 1.29 is 9.18 Å². The van der Waals surface area contributed by atoms with Gasteiger partial charge < -0.3 is 30.7 Å². The third-order valence-corrected chi connectivity index (χ3v) is 8.92. The van der Waals surface area contributed by atoms with E-state index in [4.69, 9.17) is 5.73 Å². The number of amides is 2. The summed E-state index contributed by atoms with van der Waals surface area (Å²) in [6, 6.07) is 12.6. The van der Waals surface area contributed by atoms with E-state index in [-0.39, 0.29) is 11.7 Å². The van der Waals surface area contributed by atoms with E-state index in [1.165, 1.54) is 12.4 Å². The molecule has 11 heteroatoms. The van der Waals surface area contributed by atoms with E-state index < -0.39 is 11.8 Å². The molecular formula is C32H40FN9O. The van der Waals surface area contributed by atoms with Gasteiger partial charge in [0.25, 0.3) is 0 Å². The summed E-state index contributed by atoms with van der Waals surface area (Å²) in [5.41, 5.74) is 10.3. The number of hydrogen-bond donors (Lipinski definition) is 3. The number of carbonyl (C=O) groups excluding carboxylic acids is 1. The lowest BCUT2D eigenvalue weighted by Gasteiger charge is -2.41. The van der Waals surface area contributed by atoms with Gasteiger partial charge in [-0.3, -0.25) is 4.90 Å². The number of nitrogens with zero attached hydrogens (tertiary/aromatic N) is 6. The molecule has 3 heterocycles. The van der Waals surface area contributed by atoms with Gasteiger partial charge in [-0.25, -0.2) is 19.2 Å². The number of aromatic nitrogens is 3. The second kappa shape index (κ2) is 12.2. The van der Waals surface area contributed by atoms with Crippen molar-refractivity contribution in [3.05, 3.63) is 60.8 Å². The van der Waals surface area contributed by atoms with Crippen molar-refractivity contribution in [1.82, 2.24) is 24.3 Å². The maximum atomic E-state index is 15.4. The first kappa shape index (κ1) is 28.9. The zero-order chi connectivity index (χ0) is 30.1. The maximum absolute atomic E-state index is 15.4. The molecule has 0 radical (unpaired) electrons. The number of hydrogen-bond acceptors (Lipinski definition) is 7. The van der Waals surface area contributed by atoms with Crippen LogP contribution in [-0.2, 0) is 0 Å². The molecule has 226 valence electrons. The molecule has 10 nitrogen and oxygen atoms in total. The second-order valence-electron chi connectivity index (χ2n) is 11.9. The Morgan fingerprint density at radius 2 is 1.65 bits per heavy atom. The van der Waals surface area contributed by atoms with Crippen LogP contribution in [-0.4, -0.2) is 83.7 Å². The number of halogens is 1. The van der Waals surface area contributed by atoms with E-state index in [0.29, 0.717) is 23.1 Å². The smallest absolute Gasteiger partial charge is 0.323 e. The zero-order valence-corrected chi connectivity index (χ0v) is 25.1. The Balaban J connectivity index is 1.18. The normalized spacial score (nSPS) is 19.8. The molecular weight excluding hydrogens is 545 g/mol. The highest BCUT2D eigenvalue weighted by Crippen LogP contribution is 2.39. The number of nitrogens with two attached hydrogens (primary N) is 1. The minimum atomic E-state index is -0.542. The van der Waals surface area contributed by atoms with Gasteiger partial charge in [0.15, 0.2) is 0 Å². The van der Waals surface area contributed by atoms with E-state index in [1.54, 1.807) is 24.3 Å². The summed E-state index contributed by atoms with van der Waals surface area (Å²) in [6.07, 6.45) is 7.92. The summed E-state index contributed by atoms with van der Waals surface area (Å²) < 4.78 is 17.6. The molecule has 2 aliphatic rings. The summed E-state index contributed by atoms with van der Waals surface area (Å²) in [5.74, 6) is -0.174. The van der Waals surface area contributed by atoms with Gasteiger partial charge in [0.1, 0.15) is 23.6 Å². The standard InChI is InChI=1S/C32H40FN9O/c1-39(2)23-7-5-22(6-8-23)37-32(43)38-28-13-4-21(18-27(28)33)26-19-42(31-29(26)30(34)35-20-36-31)25-11-9-24(10-12-25)41-16-14-40(3)15-17-41/h4-8,13,18-20,24-25H,9-12,14-17H2,1-3H3,(H2,34,35,36)(H2,37,38,43). The Kier molecular flexibility index (Phi) is 8.18. The van der Waals surface area contributed by atoms with Crippen LogP contribution in [0, 0.1) is 5.82 Å². The van der Waals surface area contributed by atoms with Crippen LogP contribution >= 0.6 is 0 Å². The first-order valence-corrected chi connectivity index (χ1v) is 15.0. The summed E-state index contributed by atoms with van der Waals surface area (Å²) in [7, 11) is 6.08. The molecule has 2 amide bonds. The fourth-order valence-electron chi connectivity index (χ4n) is 6.41. The fraction of sp³-hybridized carbons (Fsp3) is 0.406. The predicted octanol–water partition coefficient (Wildman–Crippen LogP) is 5.26. The molecule has 0 bridgehead atoms. The van der Waals surface area contributed by atoms with E-state index in [9.17, 15) is 4.79 Å². The molecule has 43 heavy (non-hydrogen) atoms. The van der Waals surface area contributed by atoms with Crippen LogP contribution in [0.1, 0.15) is 31.7 Å². The van der Waals surface area contributed by atoms with Crippen molar-refractivity contribution in [3.8, 4) is 11.1 Å². The molecule has 4 N–H and O–H groups in total. The summed E-state index contributed by atoms with van der Waals surface area (Å²) >= 11 is 0. The molecule has 1 saturated heterocycles. The monoisotopic (exact) mass is 585 g/mol. The van der Waals surface area contributed by atoms with Crippen LogP contribution in [0.2, 0.25) is 0 Å². The fourth-order valence-corrected chi connectivity index (χ4v) is 6.41. The van der Waals surface area contributed by atoms with Gasteiger partial charge in [-0.2, -0.15) is 0 Å². The average molecular weight is 586 g/mol. The van der Waals surface area contributed by atoms with Crippen LogP contribution in [0.15, 0.2) is 55.0 Å². The maximum Gasteiger partial charge on any atom is 0.323 e. The van der Waals surface area contributed by atoms with Gasteiger partial charge in [-0.15, -0.1) is 0 Å². The van der Waals surface area contributed by atoms with Gasteiger partial charge in [-0.05, 0) is 74.7 Å². The number of carbonyl (C=O) groups is 1. The Morgan fingerprint density at radius 1 is 0.953 bits per heavy atom. The van der Waals surface area contributed by atoms with Gasteiger partial charge in [0, 0.05) is 75.5 Å². The Labute approximate surface area is 251 Å². The van der Waals surface area contributed by atoms with Crippen molar-refractivity contribution in [1.29, 1.82) is 0 Å². The molecule has 1 aliphatic carbocycles. The SMILES string of the molecule is CN1CCN(C2CCC(n3cc(-c4ccc(NC(=O)Nc5ccc(N(C)C)cc5)c(F)c4)c4c(N)ncnc43)CC2)CC1. The third-order valence-electron chi connectivity index (χ3n) is 8.92. The number of fused-ring (bicyclic) bond motifs is 1. The molecule has 4 aromatic rings. The van der Waals surface area contributed by atoms with Crippen molar-refractivity contribution in [3.63, 3.8) is 0 Å². The number of nitrogen functional groups attached to an aromatic ring is 1. The quantitative estimate of drug-likeness (QED) is 0.283.